The van der Waals surface area contributed by atoms with Gasteiger partial charge in [0.2, 0.25) is 0 Å². The van der Waals surface area contributed by atoms with Gasteiger partial charge in [-0.2, -0.15) is 4.68 Å². The van der Waals surface area contributed by atoms with Crippen LogP contribution >= 0.6 is 0 Å². The van der Waals surface area contributed by atoms with Crippen LogP contribution in [0.25, 0.3) is 0 Å². The number of esters is 1. The second kappa shape index (κ2) is 4.54. The van der Waals surface area contributed by atoms with Crippen molar-refractivity contribution in [2.45, 2.75) is 19.9 Å². The fraction of sp³-hybridized carbons (Fsp3) is 0.500. The van der Waals surface area contributed by atoms with Crippen LogP contribution in [-0.2, 0) is 9.53 Å². The number of nitro groups is 1. The van der Waals surface area contributed by atoms with Crippen LogP contribution in [0.3, 0.4) is 0 Å². The maximum atomic E-state index is 11.3. The van der Waals surface area contributed by atoms with Gasteiger partial charge in [-0.25, -0.2) is 4.79 Å². The molecule has 1 atom stereocenters. The summed E-state index contributed by atoms with van der Waals surface area (Å²) in [6.07, 6.45) is 1.37. The molecular formula is C8H11N3O4. The Hall–Kier alpha value is -1.92. The molecule has 0 radical (unpaired) electrons. The van der Waals surface area contributed by atoms with E-state index in [0.29, 0.717) is 0 Å². The number of hydrogen-bond acceptors (Lipinski definition) is 5. The highest BCUT2D eigenvalue weighted by atomic mass is 16.6. The molecule has 15 heavy (non-hydrogen) atoms. The summed E-state index contributed by atoms with van der Waals surface area (Å²) in [6, 6.07) is 0.578. The van der Waals surface area contributed by atoms with Crippen molar-refractivity contribution in [3.63, 3.8) is 0 Å². The van der Waals surface area contributed by atoms with Crippen molar-refractivity contribution < 1.29 is 14.5 Å². The molecular weight excluding hydrogens is 202 g/mol. The first-order valence-electron chi connectivity index (χ1n) is 4.42. The SMILES string of the molecule is CCOC(=O)C(C)n1ccc([N+](=O)[O-])n1. The lowest BCUT2D eigenvalue weighted by Crippen LogP contribution is -2.19. The minimum absolute atomic E-state index is 0.270. The van der Waals surface area contributed by atoms with E-state index in [4.69, 9.17) is 4.74 Å². The first kappa shape index (κ1) is 11.2. The van der Waals surface area contributed by atoms with Crippen molar-refractivity contribution in [3.05, 3.63) is 22.4 Å². The molecule has 1 rings (SSSR count). The van der Waals surface area contributed by atoms with Gasteiger partial charge in [0.25, 0.3) is 0 Å². The smallest absolute Gasteiger partial charge is 0.389 e. The van der Waals surface area contributed by atoms with Gasteiger partial charge in [-0.1, -0.05) is 0 Å². The maximum absolute atomic E-state index is 11.3. The Morgan fingerprint density at radius 1 is 1.80 bits per heavy atom. The largest absolute Gasteiger partial charge is 0.464 e. The monoisotopic (exact) mass is 213 g/mol. The average molecular weight is 213 g/mol. The Balaban J connectivity index is 2.78. The number of carbonyl (C=O) groups excluding carboxylic acids is 1. The molecule has 1 aromatic heterocycles. The number of ether oxygens (including phenoxy) is 1. The Bertz CT molecular complexity index is 374. The van der Waals surface area contributed by atoms with Crippen molar-refractivity contribution >= 4 is 11.8 Å². The molecule has 0 spiro atoms. The lowest BCUT2D eigenvalue weighted by atomic mass is 10.3. The third-order valence-corrected chi connectivity index (χ3v) is 1.81. The van der Waals surface area contributed by atoms with Crippen LogP contribution in [0.4, 0.5) is 5.82 Å². The fourth-order valence-corrected chi connectivity index (χ4v) is 1.01. The van der Waals surface area contributed by atoms with Crippen LogP contribution in [0.15, 0.2) is 12.3 Å². The Morgan fingerprint density at radius 3 is 2.93 bits per heavy atom. The van der Waals surface area contributed by atoms with Crippen molar-refractivity contribution in [3.8, 4) is 0 Å². The minimum atomic E-state index is -0.654. The molecule has 0 saturated carbocycles. The number of rotatable bonds is 4. The summed E-state index contributed by atoms with van der Waals surface area (Å²) in [6.45, 7) is 3.53. The standard InChI is InChI=1S/C8H11N3O4/c1-3-15-8(12)6(2)10-5-4-7(9-10)11(13)14/h4-6H,3H2,1-2H3. The second-order valence-electron chi connectivity index (χ2n) is 2.84. The molecule has 0 fully saturated rings. The van der Waals surface area contributed by atoms with Crippen LogP contribution < -0.4 is 0 Å². The van der Waals surface area contributed by atoms with Crippen molar-refractivity contribution in [1.82, 2.24) is 9.78 Å². The number of carbonyl (C=O) groups is 1. The van der Waals surface area contributed by atoms with E-state index >= 15 is 0 Å². The molecule has 82 valence electrons. The van der Waals surface area contributed by atoms with Crippen LogP contribution in [0.2, 0.25) is 0 Å². The Morgan fingerprint density at radius 2 is 2.47 bits per heavy atom. The molecule has 7 nitrogen and oxygen atoms in total. The van der Waals surface area contributed by atoms with E-state index in [-0.39, 0.29) is 12.4 Å². The zero-order valence-electron chi connectivity index (χ0n) is 8.41. The quantitative estimate of drug-likeness (QED) is 0.421. The summed E-state index contributed by atoms with van der Waals surface area (Å²) in [5.74, 6) is -0.748. The first-order valence-corrected chi connectivity index (χ1v) is 4.42. The summed E-state index contributed by atoms with van der Waals surface area (Å²) in [5.41, 5.74) is 0. The van der Waals surface area contributed by atoms with Crippen LogP contribution in [0.1, 0.15) is 19.9 Å². The topological polar surface area (TPSA) is 87.3 Å². The molecule has 0 aliphatic heterocycles. The molecule has 0 aromatic carbocycles. The number of aromatic nitrogens is 2. The number of nitrogens with zero attached hydrogens (tertiary/aromatic N) is 3. The molecule has 0 saturated heterocycles. The van der Waals surface area contributed by atoms with E-state index in [1.165, 1.54) is 16.9 Å². The highest BCUT2D eigenvalue weighted by Crippen LogP contribution is 2.11. The molecule has 7 heteroatoms. The normalized spacial score (nSPS) is 12.1. The predicted octanol–water partition coefficient (Wildman–Crippen LogP) is 0.915. The van der Waals surface area contributed by atoms with Gasteiger partial charge < -0.3 is 14.9 Å². The molecule has 1 aromatic rings. The van der Waals surface area contributed by atoms with Gasteiger partial charge >= 0.3 is 11.8 Å². The van der Waals surface area contributed by atoms with Gasteiger partial charge in [-0.3, -0.25) is 0 Å². The molecule has 0 N–H and O–H groups in total. The highest BCUT2D eigenvalue weighted by molar-refractivity contribution is 5.73. The molecule has 1 heterocycles. The van der Waals surface area contributed by atoms with Gasteiger partial charge in [0.05, 0.1) is 24.0 Å². The molecule has 0 aliphatic carbocycles. The van der Waals surface area contributed by atoms with Gasteiger partial charge in [-0.15, -0.1) is 0 Å². The summed E-state index contributed by atoms with van der Waals surface area (Å²) >= 11 is 0. The molecule has 0 amide bonds. The van der Waals surface area contributed by atoms with E-state index in [0.717, 1.165) is 0 Å². The van der Waals surface area contributed by atoms with E-state index < -0.39 is 16.9 Å². The molecule has 0 aliphatic rings. The van der Waals surface area contributed by atoms with Gasteiger partial charge in [0, 0.05) is 0 Å². The van der Waals surface area contributed by atoms with E-state index in [9.17, 15) is 14.9 Å². The molecule has 1 unspecified atom stereocenters. The second-order valence-corrected chi connectivity index (χ2v) is 2.84. The third kappa shape index (κ3) is 2.52. The average Bonchev–Trinajstić information content (AvgIpc) is 2.65. The van der Waals surface area contributed by atoms with Crippen molar-refractivity contribution in [2.24, 2.45) is 0 Å². The minimum Gasteiger partial charge on any atom is -0.464 e. The van der Waals surface area contributed by atoms with Crippen molar-refractivity contribution in [1.29, 1.82) is 0 Å². The Kier molecular flexibility index (Phi) is 3.37. The van der Waals surface area contributed by atoms with Crippen LogP contribution in [-0.4, -0.2) is 27.3 Å². The molecule has 0 bridgehead atoms. The van der Waals surface area contributed by atoms with Gasteiger partial charge in [0.15, 0.2) is 6.04 Å². The zero-order chi connectivity index (χ0) is 11.4. The fourth-order valence-electron chi connectivity index (χ4n) is 1.01. The Labute approximate surface area is 85.8 Å². The predicted molar refractivity (Wildman–Crippen MR) is 50.2 cm³/mol. The summed E-state index contributed by atoms with van der Waals surface area (Å²) in [7, 11) is 0. The first-order chi connectivity index (χ1) is 7.06. The number of hydrogen-bond donors (Lipinski definition) is 0. The summed E-state index contributed by atoms with van der Waals surface area (Å²) in [4.78, 5) is 21.0. The summed E-state index contributed by atoms with van der Waals surface area (Å²) < 4.78 is 5.96. The lowest BCUT2D eigenvalue weighted by molar-refractivity contribution is -0.389. The zero-order valence-corrected chi connectivity index (χ0v) is 8.41. The van der Waals surface area contributed by atoms with Crippen molar-refractivity contribution in [2.75, 3.05) is 6.61 Å². The van der Waals surface area contributed by atoms with Gasteiger partial charge in [-0.05, 0) is 18.8 Å². The van der Waals surface area contributed by atoms with Crippen LogP contribution in [0, 0.1) is 10.1 Å². The maximum Gasteiger partial charge on any atom is 0.389 e. The van der Waals surface area contributed by atoms with E-state index in [2.05, 4.69) is 5.10 Å². The van der Waals surface area contributed by atoms with E-state index in [1.54, 1.807) is 13.8 Å². The van der Waals surface area contributed by atoms with E-state index in [1.807, 2.05) is 0 Å². The highest BCUT2D eigenvalue weighted by Gasteiger charge is 2.22. The van der Waals surface area contributed by atoms with Gasteiger partial charge in [0.1, 0.15) is 0 Å². The third-order valence-electron chi connectivity index (χ3n) is 1.81. The lowest BCUT2D eigenvalue weighted by Gasteiger charge is -2.06. The summed E-state index contributed by atoms with van der Waals surface area (Å²) in [5, 5.41) is 14.0. The van der Waals surface area contributed by atoms with Crippen LogP contribution in [0.5, 0.6) is 0 Å².